The van der Waals surface area contributed by atoms with Gasteiger partial charge in [-0.3, -0.25) is 9.59 Å². The van der Waals surface area contributed by atoms with E-state index in [0.29, 0.717) is 6.54 Å². The summed E-state index contributed by atoms with van der Waals surface area (Å²) in [6, 6.07) is 0.00346. The van der Waals surface area contributed by atoms with E-state index >= 15 is 0 Å². The van der Waals surface area contributed by atoms with Crippen molar-refractivity contribution in [1.29, 1.82) is 0 Å². The summed E-state index contributed by atoms with van der Waals surface area (Å²) in [4.78, 5) is 32.4. The molecule has 0 saturated carbocycles. The van der Waals surface area contributed by atoms with Gasteiger partial charge in [0.2, 0.25) is 11.8 Å². The highest BCUT2D eigenvalue weighted by molar-refractivity contribution is 5.91. The monoisotopic (exact) mass is 318 g/mol. The Kier molecular flexibility index (Phi) is 5.96. The molecule has 1 aliphatic rings. The maximum Gasteiger partial charge on any atom is 0.246 e. The molecule has 2 amide bonds. The Hall–Kier alpha value is -2.11. The lowest BCUT2D eigenvalue weighted by molar-refractivity contribution is -0.141. The van der Waals surface area contributed by atoms with Crippen LogP contribution in [0.5, 0.6) is 0 Å². The number of hydrogen-bond donors (Lipinski definition) is 0. The molecule has 1 aliphatic heterocycles. The lowest BCUT2D eigenvalue weighted by Gasteiger charge is -2.36. The molecule has 1 aromatic heterocycles. The molecule has 0 radical (unpaired) electrons. The van der Waals surface area contributed by atoms with E-state index in [1.54, 1.807) is 6.20 Å². The van der Waals surface area contributed by atoms with Crippen molar-refractivity contribution in [2.75, 3.05) is 19.6 Å². The molecule has 6 heteroatoms. The Bertz CT molecular complexity index is 567. The van der Waals surface area contributed by atoms with Crippen LogP contribution in [0.3, 0.4) is 0 Å². The van der Waals surface area contributed by atoms with Crippen molar-refractivity contribution >= 4 is 11.8 Å². The average Bonchev–Trinajstić information content (AvgIpc) is 3.07. The van der Waals surface area contributed by atoms with Crippen LogP contribution in [0.1, 0.15) is 45.0 Å². The zero-order chi connectivity index (χ0) is 16.8. The molecular formula is C17H26N4O2. The maximum atomic E-state index is 12.8. The first-order valence-corrected chi connectivity index (χ1v) is 8.34. The van der Waals surface area contributed by atoms with E-state index in [-0.39, 0.29) is 24.4 Å². The third-order valence-electron chi connectivity index (χ3n) is 4.40. The molecule has 23 heavy (non-hydrogen) atoms. The number of piperidine rings is 1. The standard InChI is InChI=1S/C17H26N4O2/c1-4-15(22)20(6-3)13-16(23)21-11-8-7-9-14(21)17-18-10-12-19(17)5-2/h4,10,12,14H,1,5-9,11,13H2,2-3H3. The second-order valence-electron chi connectivity index (χ2n) is 5.73. The first kappa shape index (κ1) is 17.2. The van der Waals surface area contributed by atoms with Gasteiger partial charge in [-0.2, -0.15) is 0 Å². The number of likely N-dealkylation sites (N-methyl/N-ethyl adjacent to an activating group) is 1. The van der Waals surface area contributed by atoms with Crippen molar-refractivity contribution in [3.05, 3.63) is 30.9 Å². The topological polar surface area (TPSA) is 58.4 Å². The van der Waals surface area contributed by atoms with Gasteiger partial charge in [0, 0.05) is 32.0 Å². The van der Waals surface area contributed by atoms with Gasteiger partial charge in [0.25, 0.3) is 0 Å². The zero-order valence-corrected chi connectivity index (χ0v) is 14.1. The van der Waals surface area contributed by atoms with Gasteiger partial charge in [-0.25, -0.2) is 4.98 Å². The number of rotatable bonds is 6. The molecule has 2 heterocycles. The molecule has 6 nitrogen and oxygen atoms in total. The Labute approximate surface area is 137 Å². The Morgan fingerprint density at radius 2 is 2.22 bits per heavy atom. The summed E-state index contributed by atoms with van der Waals surface area (Å²) < 4.78 is 2.09. The maximum absolute atomic E-state index is 12.8. The van der Waals surface area contributed by atoms with Crippen LogP contribution in [-0.4, -0.2) is 50.8 Å². The van der Waals surface area contributed by atoms with Crippen LogP contribution in [0.2, 0.25) is 0 Å². The van der Waals surface area contributed by atoms with E-state index < -0.39 is 0 Å². The molecule has 1 saturated heterocycles. The molecule has 126 valence electrons. The number of likely N-dealkylation sites (tertiary alicyclic amines) is 1. The van der Waals surface area contributed by atoms with E-state index in [4.69, 9.17) is 0 Å². The molecule has 2 rings (SSSR count). The molecule has 1 unspecified atom stereocenters. The van der Waals surface area contributed by atoms with Gasteiger partial charge < -0.3 is 14.4 Å². The third kappa shape index (κ3) is 3.81. The molecule has 0 spiro atoms. The molecule has 1 fully saturated rings. The second-order valence-corrected chi connectivity index (χ2v) is 5.73. The van der Waals surface area contributed by atoms with Gasteiger partial charge in [-0.1, -0.05) is 6.58 Å². The van der Waals surface area contributed by atoms with Crippen LogP contribution in [0, 0.1) is 0 Å². The third-order valence-corrected chi connectivity index (χ3v) is 4.40. The number of nitrogens with zero attached hydrogens (tertiary/aromatic N) is 4. The van der Waals surface area contributed by atoms with Crippen LogP contribution in [0.25, 0.3) is 0 Å². The number of hydrogen-bond acceptors (Lipinski definition) is 3. The van der Waals surface area contributed by atoms with Crippen molar-refractivity contribution in [3.63, 3.8) is 0 Å². The van der Waals surface area contributed by atoms with Crippen molar-refractivity contribution < 1.29 is 9.59 Å². The van der Waals surface area contributed by atoms with Gasteiger partial charge in [0.05, 0.1) is 6.04 Å². The number of aryl methyl sites for hydroxylation is 1. The summed E-state index contributed by atoms with van der Waals surface area (Å²) in [5.41, 5.74) is 0. The van der Waals surface area contributed by atoms with Crippen molar-refractivity contribution in [1.82, 2.24) is 19.4 Å². The highest BCUT2D eigenvalue weighted by Crippen LogP contribution is 2.30. The van der Waals surface area contributed by atoms with Crippen molar-refractivity contribution in [3.8, 4) is 0 Å². The number of carbonyl (C=O) groups excluding carboxylic acids is 2. The van der Waals surface area contributed by atoms with Crippen molar-refractivity contribution in [2.45, 2.75) is 45.7 Å². The van der Waals surface area contributed by atoms with Crippen LogP contribution in [-0.2, 0) is 16.1 Å². The summed E-state index contributed by atoms with van der Waals surface area (Å²) in [5, 5.41) is 0. The molecule has 0 bridgehead atoms. The number of imidazole rings is 1. The first-order chi connectivity index (χ1) is 11.1. The fraction of sp³-hybridized carbons (Fsp3) is 0.588. The lowest BCUT2D eigenvalue weighted by atomic mass is 10.0. The van der Waals surface area contributed by atoms with Gasteiger partial charge in [-0.15, -0.1) is 0 Å². The normalized spacial score (nSPS) is 17.8. The van der Waals surface area contributed by atoms with Crippen LogP contribution >= 0.6 is 0 Å². The Morgan fingerprint density at radius 3 is 2.87 bits per heavy atom. The SMILES string of the molecule is C=CC(=O)N(CC)CC(=O)N1CCCCC1c1nccn1CC. The number of carbonyl (C=O) groups is 2. The summed E-state index contributed by atoms with van der Waals surface area (Å²) >= 11 is 0. The highest BCUT2D eigenvalue weighted by Gasteiger charge is 2.31. The Balaban J connectivity index is 2.16. The van der Waals surface area contributed by atoms with E-state index in [2.05, 4.69) is 23.1 Å². The largest absolute Gasteiger partial charge is 0.333 e. The minimum Gasteiger partial charge on any atom is -0.333 e. The molecular weight excluding hydrogens is 292 g/mol. The highest BCUT2D eigenvalue weighted by atomic mass is 16.2. The van der Waals surface area contributed by atoms with E-state index in [0.717, 1.165) is 38.2 Å². The van der Waals surface area contributed by atoms with E-state index in [1.807, 2.05) is 18.0 Å². The minimum absolute atomic E-state index is 0.00346. The van der Waals surface area contributed by atoms with Crippen molar-refractivity contribution in [2.24, 2.45) is 0 Å². The number of aromatic nitrogens is 2. The summed E-state index contributed by atoms with van der Waals surface area (Å²) in [7, 11) is 0. The van der Waals surface area contributed by atoms with Crippen LogP contribution in [0.4, 0.5) is 0 Å². The summed E-state index contributed by atoms with van der Waals surface area (Å²) in [6.45, 7) is 9.60. The van der Waals surface area contributed by atoms with Gasteiger partial charge in [0.15, 0.2) is 0 Å². The van der Waals surface area contributed by atoms with Gasteiger partial charge in [-0.05, 0) is 39.2 Å². The Morgan fingerprint density at radius 1 is 1.43 bits per heavy atom. The quantitative estimate of drug-likeness (QED) is 0.754. The molecule has 0 N–H and O–H groups in total. The van der Waals surface area contributed by atoms with Gasteiger partial charge >= 0.3 is 0 Å². The fourth-order valence-electron chi connectivity index (χ4n) is 3.11. The van der Waals surface area contributed by atoms with E-state index in [9.17, 15) is 9.59 Å². The van der Waals surface area contributed by atoms with E-state index in [1.165, 1.54) is 11.0 Å². The molecule has 0 aliphatic carbocycles. The molecule has 1 aromatic rings. The van der Waals surface area contributed by atoms with Crippen LogP contribution < -0.4 is 0 Å². The predicted octanol–water partition coefficient (Wildman–Crippen LogP) is 1.99. The zero-order valence-electron chi connectivity index (χ0n) is 14.1. The van der Waals surface area contributed by atoms with Gasteiger partial charge in [0.1, 0.15) is 12.4 Å². The number of amides is 2. The molecule has 0 aromatic carbocycles. The summed E-state index contributed by atoms with van der Waals surface area (Å²) in [6.07, 6.45) is 8.01. The minimum atomic E-state index is -0.204. The second kappa shape index (κ2) is 7.94. The summed E-state index contributed by atoms with van der Waals surface area (Å²) in [5.74, 6) is 0.723. The fourth-order valence-corrected chi connectivity index (χ4v) is 3.11. The lowest BCUT2D eigenvalue weighted by Crippen LogP contribution is -2.46. The smallest absolute Gasteiger partial charge is 0.246 e. The predicted molar refractivity (Wildman–Crippen MR) is 88.7 cm³/mol. The first-order valence-electron chi connectivity index (χ1n) is 8.34. The molecule has 1 atom stereocenters. The van der Waals surface area contributed by atoms with Crippen LogP contribution in [0.15, 0.2) is 25.0 Å². The average molecular weight is 318 g/mol.